The second kappa shape index (κ2) is 6.31. The highest BCUT2D eigenvalue weighted by molar-refractivity contribution is 5.96. The second-order valence-corrected chi connectivity index (χ2v) is 5.08. The highest BCUT2D eigenvalue weighted by Crippen LogP contribution is 2.21. The number of aryl methyl sites for hydroxylation is 1. The lowest BCUT2D eigenvalue weighted by Gasteiger charge is -2.21. The molecule has 0 spiro atoms. The van der Waals surface area contributed by atoms with Crippen LogP contribution >= 0.6 is 0 Å². The summed E-state index contributed by atoms with van der Waals surface area (Å²) in [4.78, 5) is 14.2. The fourth-order valence-electron chi connectivity index (χ4n) is 2.16. The van der Waals surface area contributed by atoms with E-state index in [0.717, 1.165) is 11.1 Å². The maximum atomic E-state index is 12.5. The number of phenols is 1. The predicted octanol–water partition coefficient (Wildman–Crippen LogP) is 2.95. The molecule has 0 saturated heterocycles. The lowest BCUT2D eigenvalue weighted by molar-refractivity contribution is 0.0749. The summed E-state index contributed by atoms with van der Waals surface area (Å²) in [6.07, 6.45) is 0. The van der Waals surface area contributed by atoms with Gasteiger partial charge in [-0.05, 0) is 49.2 Å². The molecule has 4 heteroatoms. The van der Waals surface area contributed by atoms with Crippen molar-refractivity contribution in [3.8, 4) is 5.75 Å². The molecule has 0 unspecified atom stereocenters. The molecule has 2 aromatic rings. The van der Waals surface area contributed by atoms with Gasteiger partial charge >= 0.3 is 0 Å². The van der Waals surface area contributed by atoms with Gasteiger partial charge in [-0.25, -0.2) is 0 Å². The maximum Gasteiger partial charge on any atom is 0.257 e. The number of hydrogen-bond donors (Lipinski definition) is 2. The Morgan fingerprint density at radius 3 is 2.43 bits per heavy atom. The molecule has 0 aliphatic carbocycles. The van der Waals surface area contributed by atoms with Gasteiger partial charge in [-0.2, -0.15) is 0 Å². The van der Waals surface area contributed by atoms with Crippen molar-refractivity contribution in [3.05, 3.63) is 59.2 Å². The van der Waals surface area contributed by atoms with E-state index >= 15 is 0 Å². The lowest BCUT2D eigenvalue weighted by atomic mass is 10.1. The molecule has 0 aliphatic heterocycles. The summed E-state index contributed by atoms with van der Waals surface area (Å²) in [5.41, 5.74) is 8.62. The fraction of sp³-hybridized carbons (Fsp3) is 0.235. The Balaban J connectivity index is 2.20. The Labute approximate surface area is 124 Å². The van der Waals surface area contributed by atoms with E-state index < -0.39 is 0 Å². The smallest absolute Gasteiger partial charge is 0.257 e. The van der Waals surface area contributed by atoms with Crippen LogP contribution < -0.4 is 5.73 Å². The van der Waals surface area contributed by atoms with Crippen molar-refractivity contribution >= 4 is 11.6 Å². The summed E-state index contributed by atoms with van der Waals surface area (Å²) in [5, 5.41) is 9.94. The van der Waals surface area contributed by atoms with Gasteiger partial charge in [0, 0.05) is 18.8 Å². The van der Waals surface area contributed by atoms with Crippen LogP contribution in [0.5, 0.6) is 5.75 Å². The minimum Gasteiger partial charge on any atom is -0.507 e. The third kappa shape index (κ3) is 3.54. The minimum atomic E-state index is -0.174. The van der Waals surface area contributed by atoms with Crippen molar-refractivity contribution in [2.45, 2.75) is 20.4 Å². The summed E-state index contributed by atoms with van der Waals surface area (Å²) in [6.45, 7) is 4.85. The topological polar surface area (TPSA) is 66.6 Å². The number of phenolic OH excluding ortho intramolecular Hbond substituents is 1. The zero-order valence-corrected chi connectivity index (χ0v) is 12.3. The van der Waals surface area contributed by atoms with Crippen molar-refractivity contribution in [2.24, 2.45) is 0 Å². The molecule has 21 heavy (non-hydrogen) atoms. The number of benzene rings is 2. The molecule has 0 aliphatic rings. The predicted molar refractivity (Wildman–Crippen MR) is 84.1 cm³/mol. The number of nitrogen functional groups attached to an aromatic ring is 1. The Bertz CT molecular complexity index is 636. The summed E-state index contributed by atoms with van der Waals surface area (Å²) in [6, 6.07) is 12.5. The molecule has 3 N–H and O–H groups in total. The molecule has 4 nitrogen and oxygen atoms in total. The van der Waals surface area contributed by atoms with Gasteiger partial charge in [0.05, 0.1) is 5.56 Å². The van der Waals surface area contributed by atoms with Crippen molar-refractivity contribution in [1.29, 1.82) is 0 Å². The van der Waals surface area contributed by atoms with Crippen molar-refractivity contribution in [1.82, 2.24) is 4.90 Å². The SMILES string of the molecule is CCN(Cc1ccc(N)cc1)C(=O)c1ccc(C)cc1O. The molecule has 0 radical (unpaired) electrons. The summed E-state index contributed by atoms with van der Waals surface area (Å²) < 4.78 is 0. The highest BCUT2D eigenvalue weighted by atomic mass is 16.3. The molecule has 2 aromatic carbocycles. The first kappa shape index (κ1) is 14.9. The van der Waals surface area contributed by atoms with Gasteiger partial charge < -0.3 is 15.7 Å². The molecular weight excluding hydrogens is 264 g/mol. The Morgan fingerprint density at radius 1 is 1.19 bits per heavy atom. The normalized spacial score (nSPS) is 10.4. The molecule has 0 atom stereocenters. The van der Waals surface area contributed by atoms with Crippen LogP contribution in [0, 0.1) is 6.92 Å². The Morgan fingerprint density at radius 2 is 1.86 bits per heavy atom. The standard InChI is InChI=1S/C17H20N2O2/c1-3-19(11-13-5-7-14(18)8-6-13)17(21)15-9-4-12(2)10-16(15)20/h4-10,20H,3,11,18H2,1-2H3. The summed E-state index contributed by atoms with van der Waals surface area (Å²) in [7, 11) is 0. The number of rotatable bonds is 4. The van der Waals surface area contributed by atoms with E-state index in [2.05, 4.69) is 0 Å². The van der Waals surface area contributed by atoms with Crippen LogP contribution in [0.25, 0.3) is 0 Å². The number of amides is 1. The van der Waals surface area contributed by atoms with Crippen molar-refractivity contribution in [3.63, 3.8) is 0 Å². The number of anilines is 1. The fourth-order valence-corrected chi connectivity index (χ4v) is 2.16. The largest absolute Gasteiger partial charge is 0.507 e. The van der Waals surface area contributed by atoms with E-state index in [0.29, 0.717) is 24.3 Å². The van der Waals surface area contributed by atoms with E-state index in [4.69, 9.17) is 5.73 Å². The zero-order valence-electron chi connectivity index (χ0n) is 12.3. The van der Waals surface area contributed by atoms with Crippen LogP contribution in [0.1, 0.15) is 28.4 Å². The van der Waals surface area contributed by atoms with E-state index in [-0.39, 0.29) is 11.7 Å². The van der Waals surface area contributed by atoms with Crippen LogP contribution in [0.2, 0.25) is 0 Å². The molecule has 0 heterocycles. The molecule has 0 aromatic heterocycles. The van der Waals surface area contributed by atoms with Gasteiger partial charge in [-0.1, -0.05) is 18.2 Å². The van der Waals surface area contributed by atoms with Gasteiger partial charge in [0.15, 0.2) is 0 Å². The number of hydrogen-bond acceptors (Lipinski definition) is 3. The minimum absolute atomic E-state index is 0.0238. The van der Waals surface area contributed by atoms with Crippen molar-refractivity contribution < 1.29 is 9.90 Å². The first-order chi connectivity index (χ1) is 10.0. The number of carbonyl (C=O) groups is 1. The molecule has 0 bridgehead atoms. The molecule has 0 fully saturated rings. The van der Waals surface area contributed by atoms with Crippen LogP contribution in [0.4, 0.5) is 5.69 Å². The van der Waals surface area contributed by atoms with E-state index in [1.807, 2.05) is 44.2 Å². The Kier molecular flexibility index (Phi) is 4.48. The van der Waals surface area contributed by atoms with E-state index in [1.54, 1.807) is 17.0 Å². The molecule has 0 saturated carbocycles. The first-order valence-corrected chi connectivity index (χ1v) is 6.94. The lowest BCUT2D eigenvalue weighted by Crippen LogP contribution is -2.30. The third-order valence-electron chi connectivity index (χ3n) is 3.41. The number of nitrogens with two attached hydrogens (primary N) is 1. The summed E-state index contributed by atoms with van der Waals surface area (Å²) >= 11 is 0. The Hall–Kier alpha value is -2.49. The zero-order chi connectivity index (χ0) is 15.4. The maximum absolute atomic E-state index is 12.5. The first-order valence-electron chi connectivity index (χ1n) is 6.94. The van der Waals surface area contributed by atoms with Gasteiger partial charge in [0.1, 0.15) is 5.75 Å². The highest BCUT2D eigenvalue weighted by Gasteiger charge is 2.17. The van der Waals surface area contributed by atoms with Crippen LogP contribution in [-0.4, -0.2) is 22.5 Å². The monoisotopic (exact) mass is 284 g/mol. The average molecular weight is 284 g/mol. The molecule has 2 rings (SSSR count). The number of aromatic hydroxyl groups is 1. The van der Waals surface area contributed by atoms with Crippen molar-refractivity contribution in [2.75, 3.05) is 12.3 Å². The van der Waals surface area contributed by atoms with Gasteiger partial charge in [-0.3, -0.25) is 4.79 Å². The number of nitrogens with zero attached hydrogens (tertiary/aromatic N) is 1. The van der Waals surface area contributed by atoms with Gasteiger partial charge in [0.2, 0.25) is 0 Å². The summed E-state index contributed by atoms with van der Waals surface area (Å²) in [5.74, 6) is -0.150. The molecule has 1 amide bonds. The quantitative estimate of drug-likeness (QED) is 0.848. The van der Waals surface area contributed by atoms with E-state index in [9.17, 15) is 9.90 Å². The second-order valence-electron chi connectivity index (χ2n) is 5.08. The van der Waals surface area contributed by atoms with Gasteiger partial charge in [0.25, 0.3) is 5.91 Å². The van der Waals surface area contributed by atoms with Crippen LogP contribution in [-0.2, 0) is 6.54 Å². The molecular formula is C17H20N2O2. The van der Waals surface area contributed by atoms with Crippen LogP contribution in [0.3, 0.4) is 0 Å². The average Bonchev–Trinajstić information content (AvgIpc) is 2.46. The van der Waals surface area contributed by atoms with Gasteiger partial charge in [-0.15, -0.1) is 0 Å². The van der Waals surface area contributed by atoms with Crippen LogP contribution in [0.15, 0.2) is 42.5 Å². The van der Waals surface area contributed by atoms with E-state index in [1.165, 1.54) is 0 Å². The molecule has 110 valence electrons. The number of carbonyl (C=O) groups excluding carboxylic acids is 1. The third-order valence-corrected chi connectivity index (χ3v) is 3.41.